The smallest absolute Gasteiger partial charge is 0.219 e. The van der Waals surface area contributed by atoms with Crippen molar-refractivity contribution in [2.75, 3.05) is 32.8 Å². The molecular weight excluding hydrogens is 314 g/mol. The fourth-order valence-corrected chi connectivity index (χ4v) is 4.44. The maximum Gasteiger partial charge on any atom is 0.219 e. The van der Waals surface area contributed by atoms with Crippen LogP contribution in [0.15, 0.2) is 24.3 Å². The van der Waals surface area contributed by atoms with E-state index in [2.05, 4.69) is 11.0 Å². The highest BCUT2D eigenvalue weighted by molar-refractivity contribution is 5.73. The summed E-state index contributed by atoms with van der Waals surface area (Å²) in [4.78, 5) is 15.9. The van der Waals surface area contributed by atoms with Gasteiger partial charge in [-0.05, 0) is 48.9 Å². The van der Waals surface area contributed by atoms with Crippen LogP contribution in [0.25, 0.3) is 0 Å². The molecule has 2 fully saturated rings. The molecule has 25 heavy (non-hydrogen) atoms. The Morgan fingerprint density at radius 1 is 1.24 bits per heavy atom. The van der Waals surface area contributed by atoms with E-state index in [4.69, 9.17) is 5.26 Å². The maximum atomic E-state index is 11.6. The average Bonchev–Trinajstić information content (AvgIpc) is 2.64. The summed E-state index contributed by atoms with van der Waals surface area (Å²) in [6.45, 7) is 6.28. The largest absolute Gasteiger partial charge is 0.396 e. The van der Waals surface area contributed by atoms with Crippen molar-refractivity contribution in [1.82, 2.24) is 9.80 Å². The van der Waals surface area contributed by atoms with Gasteiger partial charge in [-0.15, -0.1) is 0 Å². The van der Waals surface area contributed by atoms with E-state index in [0.717, 1.165) is 52.0 Å². The molecule has 0 unspecified atom stereocenters. The van der Waals surface area contributed by atoms with Crippen molar-refractivity contribution >= 4 is 5.91 Å². The third-order valence-electron chi connectivity index (χ3n) is 6.18. The van der Waals surface area contributed by atoms with Gasteiger partial charge in [-0.25, -0.2) is 0 Å². The third kappa shape index (κ3) is 3.86. The maximum absolute atomic E-state index is 11.6. The van der Waals surface area contributed by atoms with Crippen LogP contribution in [0, 0.1) is 22.7 Å². The van der Waals surface area contributed by atoms with Crippen LogP contribution in [-0.2, 0) is 11.3 Å². The van der Waals surface area contributed by atoms with Gasteiger partial charge in [0.15, 0.2) is 0 Å². The normalized spacial score (nSPS) is 23.4. The molecule has 5 nitrogen and oxygen atoms in total. The van der Waals surface area contributed by atoms with Gasteiger partial charge < -0.3 is 10.0 Å². The number of aliphatic hydroxyl groups is 1. The summed E-state index contributed by atoms with van der Waals surface area (Å²) in [6.07, 6.45) is 3.09. The highest BCUT2D eigenvalue weighted by Crippen LogP contribution is 2.45. The predicted octanol–water partition coefficient (Wildman–Crippen LogP) is 2.00. The van der Waals surface area contributed by atoms with E-state index in [-0.39, 0.29) is 23.8 Å². The number of aliphatic hydroxyl groups excluding tert-OH is 1. The second-order valence-electron chi connectivity index (χ2n) is 7.54. The number of hydrogen-bond acceptors (Lipinski definition) is 4. The zero-order valence-corrected chi connectivity index (χ0v) is 14.9. The molecule has 0 radical (unpaired) electrons. The Hall–Kier alpha value is -1.90. The molecule has 0 bridgehead atoms. The summed E-state index contributed by atoms with van der Waals surface area (Å²) >= 11 is 0. The number of likely N-dealkylation sites (tertiary alicyclic amines) is 2. The van der Waals surface area contributed by atoms with Crippen LogP contribution >= 0.6 is 0 Å². The van der Waals surface area contributed by atoms with E-state index in [1.54, 1.807) is 6.92 Å². The van der Waals surface area contributed by atoms with E-state index in [1.165, 1.54) is 5.56 Å². The number of piperidine rings is 2. The molecule has 2 heterocycles. The fraction of sp³-hybridized carbons (Fsp3) is 0.600. The number of amides is 1. The van der Waals surface area contributed by atoms with Gasteiger partial charge in [0, 0.05) is 45.6 Å². The topological polar surface area (TPSA) is 67.6 Å². The molecule has 0 saturated carbocycles. The van der Waals surface area contributed by atoms with Crippen molar-refractivity contribution in [2.24, 2.45) is 11.3 Å². The lowest BCUT2D eigenvalue weighted by Gasteiger charge is -2.51. The molecule has 1 amide bonds. The van der Waals surface area contributed by atoms with Crippen LogP contribution in [0.4, 0.5) is 0 Å². The monoisotopic (exact) mass is 341 g/mol. The lowest BCUT2D eigenvalue weighted by Crippen LogP contribution is -2.53. The van der Waals surface area contributed by atoms with Crippen molar-refractivity contribution < 1.29 is 9.90 Å². The van der Waals surface area contributed by atoms with Crippen molar-refractivity contribution in [3.8, 4) is 6.07 Å². The summed E-state index contributed by atoms with van der Waals surface area (Å²) in [6, 6.07) is 9.91. The minimum atomic E-state index is 0.161. The molecule has 2 aliphatic rings. The van der Waals surface area contributed by atoms with E-state index >= 15 is 0 Å². The van der Waals surface area contributed by atoms with Gasteiger partial charge in [-0.3, -0.25) is 9.69 Å². The summed E-state index contributed by atoms with van der Waals surface area (Å²) in [5.41, 5.74) is 2.08. The molecule has 1 N–H and O–H groups in total. The quantitative estimate of drug-likeness (QED) is 0.913. The number of carbonyl (C=O) groups excluding carboxylic acids is 1. The van der Waals surface area contributed by atoms with Crippen LogP contribution in [-0.4, -0.2) is 53.6 Å². The fourth-order valence-electron chi connectivity index (χ4n) is 4.44. The Balaban J connectivity index is 1.61. The molecule has 2 saturated heterocycles. The van der Waals surface area contributed by atoms with Crippen molar-refractivity contribution in [3.63, 3.8) is 0 Å². The first-order chi connectivity index (χ1) is 12.1. The molecule has 1 spiro atoms. The Morgan fingerprint density at radius 3 is 2.44 bits per heavy atom. The van der Waals surface area contributed by atoms with Gasteiger partial charge in [0.1, 0.15) is 0 Å². The summed E-state index contributed by atoms with van der Waals surface area (Å²) in [5, 5.41) is 18.9. The molecule has 134 valence electrons. The van der Waals surface area contributed by atoms with E-state index in [1.807, 2.05) is 29.2 Å². The predicted molar refractivity (Wildman–Crippen MR) is 95.5 cm³/mol. The highest BCUT2D eigenvalue weighted by atomic mass is 16.3. The van der Waals surface area contributed by atoms with Gasteiger partial charge in [-0.2, -0.15) is 5.26 Å². The van der Waals surface area contributed by atoms with Crippen LogP contribution in [0.5, 0.6) is 0 Å². The number of hydrogen-bond donors (Lipinski definition) is 1. The minimum Gasteiger partial charge on any atom is -0.396 e. The standard InChI is InChI=1S/C20H27N3O2/c1-16(25)23-10-7-20(8-11-23)6-9-22(14-19(20)15-24)13-18-4-2-17(12-21)3-5-18/h2-5,19,24H,6-11,13-15H2,1H3/t19-/m0/s1. The lowest BCUT2D eigenvalue weighted by atomic mass is 9.64. The number of nitriles is 1. The molecule has 0 aromatic heterocycles. The molecule has 1 atom stereocenters. The third-order valence-corrected chi connectivity index (χ3v) is 6.18. The first-order valence-corrected chi connectivity index (χ1v) is 9.14. The number of rotatable bonds is 3. The van der Waals surface area contributed by atoms with Crippen molar-refractivity contribution in [2.45, 2.75) is 32.7 Å². The number of carbonyl (C=O) groups is 1. The van der Waals surface area contributed by atoms with E-state index < -0.39 is 0 Å². The van der Waals surface area contributed by atoms with Gasteiger partial charge in [0.25, 0.3) is 0 Å². The molecule has 0 aliphatic carbocycles. The van der Waals surface area contributed by atoms with Crippen LogP contribution in [0.1, 0.15) is 37.3 Å². The Kier molecular flexibility index (Phi) is 5.41. The molecule has 1 aromatic carbocycles. The van der Waals surface area contributed by atoms with Crippen LogP contribution in [0.3, 0.4) is 0 Å². The minimum absolute atomic E-state index is 0.161. The first-order valence-electron chi connectivity index (χ1n) is 9.14. The molecular formula is C20H27N3O2. The summed E-state index contributed by atoms with van der Waals surface area (Å²) in [7, 11) is 0. The summed E-state index contributed by atoms with van der Waals surface area (Å²) in [5.74, 6) is 0.433. The Morgan fingerprint density at radius 2 is 1.88 bits per heavy atom. The van der Waals surface area contributed by atoms with Gasteiger partial charge in [-0.1, -0.05) is 12.1 Å². The van der Waals surface area contributed by atoms with Crippen LogP contribution < -0.4 is 0 Å². The molecule has 1 aromatic rings. The second-order valence-corrected chi connectivity index (χ2v) is 7.54. The SMILES string of the molecule is CC(=O)N1CCC2(CCN(Cc3ccc(C#N)cc3)C[C@H]2CO)CC1. The Labute approximate surface area is 149 Å². The Bertz CT molecular complexity index is 642. The lowest BCUT2D eigenvalue weighted by molar-refractivity contribution is -0.133. The van der Waals surface area contributed by atoms with E-state index in [9.17, 15) is 9.90 Å². The number of nitrogens with zero attached hydrogens (tertiary/aromatic N) is 3. The highest BCUT2D eigenvalue weighted by Gasteiger charge is 2.44. The zero-order chi connectivity index (χ0) is 17.9. The number of benzene rings is 1. The first kappa shape index (κ1) is 17.9. The molecule has 2 aliphatic heterocycles. The average molecular weight is 341 g/mol. The van der Waals surface area contributed by atoms with Gasteiger partial charge in [0.2, 0.25) is 5.91 Å². The van der Waals surface area contributed by atoms with Gasteiger partial charge >= 0.3 is 0 Å². The molecule has 5 heteroatoms. The second kappa shape index (κ2) is 7.55. The van der Waals surface area contributed by atoms with Gasteiger partial charge in [0.05, 0.1) is 11.6 Å². The summed E-state index contributed by atoms with van der Waals surface area (Å²) < 4.78 is 0. The zero-order valence-electron chi connectivity index (χ0n) is 14.9. The molecule has 3 rings (SSSR count). The van der Waals surface area contributed by atoms with E-state index in [0.29, 0.717) is 5.56 Å². The van der Waals surface area contributed by atoms with Crippen molar-refractivity contribution in [1.29, 1.82) is 5.26 Å². The van der Waals surface area contributed by atoms with Crippen LogP contribution in [0.2, 0.25) is 0 Å². The van der Waals surface area contributed by atoms with Crippen molar-refractivity contribution in [3.05, 3.63) is 35.4 Å².